The molecule has 0 aliphatic heterocycles. The molecule has 32 valence electrons. The van der Waals surface area contributed by atoms with Crippen LogP contribution in [0.2, 0.25) is 0 Å². The van der Waals surface area contributed by atoms with Gasteiger partial charge in [-0.15, -0.1) is 0 Å². The van der Waals surface area contributed by atoms with E-state index < -0.39 is 6.39 Å². The molecule has 0 heterocycles. The molecule has 0 atom stereocenters. The second kappa shape index (κ2) is 3.19. The fraction of sp³-hybridized carbons (Fsp3) is 0. The van der Waals surface area contributed by atoms with Crippen LogP contribution in [0.25, 0.3) is 0 Å². The van der Waals surface area contributed by atoms with Crippen LogP contribution >= 0.6 is 11.5 Å². The summed E-state index contributed by atoms with van der Waals surface area (Å²) in [6, 6.07) is 0. The third-order valence-electron chi connectivity index (χ3n) is 0. The van der Waals surface area contributed by atoms with Crippen LogP contribution in [0.1, 0.15) is 0 Å². The zero-order valence-electron chi connectivity index (χ0n) is 3.09. The van der Waals surface area contributed by atoms with Crippen LogP contribution in [-0.4, -0.2) is 6.39 Å². The van der Waals surface area contributed by atoms with Crippen molar-refractivity contribution in [3.63, 3.8) is 0 Å². The molecule has 0 rings (SSSR count). The maximum atomic E-state index is 10.2. The first-order chi connectivity index (χ1) is 2.00. The van der Waals surface area contributed by atoms with Gasteiger partial charge in [-0.05, 0) is 0 Å². The zero-order valence-corrected chi connectivity index (χ0v) is 5.85. The topological polar surface area (TPSA) is 0 Å². The molecule has 0 radical (unpaired) electrons. The van der Waals surface area contributed by atoms with E-state index in [2.05, 4.69) is 11.5 Å². The number of hydrogen-bond donors (Lipinski definition) is 0. The van der Waals surface area contributed by atoms with E-state index in [-0.39, 0.29) is 29.6 Å². The molecule has 6 heavy (non-hydrogen) atoms. The maximum Gasteiger partial charge on any atom is 1.00 e. The van der Waals surface area contributed by atoms with Crippen molar-refractivity contribution in [2.45, 2.75) is 0 Å². The Morgan fingerprint density at radius 3 is 1.17 bits per heavy atom. The molecule has 6 heteroatoms. The average molecular weight is 126 g/mol. The average Bonchev–Trinajstić information content (AvgIpc) is 0.722. The Hall–Kier alpha value is 1.14. The van der Waals surface area contributed by atoms with Gasteiger partial charge in [-0.1, -0.05) is 0 Å². The monoisotopic (exact) mass is 126 g/mol. The summed E-state index contributed by atoms with van der Waals surface area (Å²) in [6.45, 7) is 0. The third kappa shape index (κ3) is 67.4. The van der Waals surface area contributed by atoms with E-state index in [1.165, 1.54) is 0 Å². The molecule has 0 aliphatic carbocycles. The number of rotatable bonds is 0. The summed E-state index contributed by atoms with van der Waals surface area (Å²) in [5.74, 6) is 0. The van der Waals surface area contributed by atoms with Gasteiger partial charge in [-0.25, -0.2) is 0 Å². The van der Waals surface area contributed by atoms with Crippen LogP contribution in [-0.2, 0) is 0 Å². The molecule has 0 saturated carbocycles. The van der Waals surface area contributed by atoms with Gasteiger partial charge in [0.1, 0.15) is 0 Å². The smallest absolute Gasteiger partial charge is 0.435 e. The summed E-state index contributed by atoms with van der Waals surface area (Å²) >= 11 is 3.59. The van der Waals surface area contributed by atoms with Gasteiger partial charge in [0.05, 0.1) is 0 Å². The maximum absolute atomic E-state index is 10.2. The van der Waals surface area contributed by atoms with E-state index in [1.54, 1.807) is 0 Å². The molecule has 0 aromatic rings. The van der Waals surface area contributed by atoms with E-state index in [9.17, 15) is 12.9 Å². The normalized spacial score (nSPS) is 10.0. The minimum absolute atomic E-state index is 0. The summed E-state index contributed by atoms with van der Waals surface area (Å²) in [5.41, 5.74) is 0. The SMILES string of the molecule is F[B-](F)(F)Cl.[Na+]. The molecule has 0 nitrogen and oxygen atoms in total. The van der Waals surface area contributed by atoms with Gasteiger partial charge in [0.2, 0.25) is 0 Å². The molecule has 0 unspecified atom stereocenters. The van der Waals surface area contributed by atoms with Gasteiger partial charge in [-0.2, -0.15) is 0 Å². The quantitative estimate of drug-likeness (QED) is 0.349. The standard InChI is InChI=1S/BClF3.Na/c2-1(3,4)5;/q-1;+1. The van der Waals surface area contributed by atoms with Crippen LogP contribution in [0.4, 0.5) is 12.9 Å². The molecule has 0 spiro atoms. The van der Waals surface area contributed by atoms with Crippen molar-refractivity contribution < 1.29 is 42.5 Å². The van der Waals surface area contributed by atoms with Crippen molar-refractivity contribution >= 4 is 17.9 Å². The molecule has 0 aromatic heterocycles. The van der Waals surface area contributed by atoms with E-state index >= 15 is 0 Å². The Balaban J connectivity index is 0. The molecular formula is BClF3Na. The van der Waals surface area contributed by atoms with Gasteiger partial charge in [-0.3, -0.25) is 11.5 Å². The molecule has 0 N–H and O–H groups in total. The minimum Gasteiger partial charge on any atom is -0.435 e. The molecule has 0 bridgehead atoms. The van der Waals surface area contributed by atoms with Crippen molar-refractivity contribution in [2.24, 2.45) is 0 Å². The van der Waals surface area contributed by atoms with Crippen LogP contribution in [0.15, 0.2) is 0 Å². The largest absolute Gasteiger partial charge is 1.00 e. The summed E-state index contributed by atoms with van der Waals surface area (Å²) in [7, 11) is 0. The summed E-state index contributed by atoms with van der Waals surface area (Å²) in [4.78, 5) is 0. The fourth-order valence-corrected chi connectivity index (χ4v) is 0. The first kappa shape index (κ1) is 10.2. The van der Waals surface area contributed by atoms with Crippen molar-refractivity contribution in [1.82, 2.24) is 0 Å². The predicted octanol–water partition coefficient (Wildman–Crippen LogP) is -1.43. The Bertz CT molecular complexity index is 26.3. The van der Waals surface area contributed by atoms with Gasteiger partial charge < -0.3 is 12.9 Å². The summed E-state index contributed by atoms with van der Waals surface area (Å²) in [6.07, 6.45) is -5.03. The molecular weight excluding hydrogens is 126 g/mol. The van der Waals surface area contributed by atoms with Crippen LogP contribution in [0.5, 0.6) is 0 Å². The summed E-state index contributed by atoms with van der Waals surface area (Å²) < 4.78 is 30.5. The first-order valence-electron chi connectivity index (χ1n) is 0.873. The number of halogens is 4. The van der Waals surface area contributed by atoms with Gasteiger partial charge in [0.25, 0.3) is 0 Å². The second-order valence-corrected chi connectivity index (χ2v) is 0.990. The number of hydrogen-bond acceptors (Lipinski definition) is 0. The molecule has 0 amide bonds. The molecule has 0 aromatic carbocycles. The van der Waals surface area contributed by atoms with E-state index in [0.29, 0.717) is 0 Å². The summed E-state index contributed by atoms with van der Waals surface area (Å²) in [5, 5.41) is 0. The Morgan fingerprint density at radius 1 is 1.17 bits per heavy atom. The Kier molecular flexibility index (Phi) is 5.41. The zero-order chi connectivity index (χ0) is 4.50. The first-order valence-corrected chi connectivity index (χ1v) is 1.31. The fourth-order valence-electron chi connectivity index (χ4n) is 0. The molecule has 0 saturated heterocycles. The van der Waals surface area contributed by atoms with Crippen LogP contribution < -0.4 is 29.6 Å². The van der Waals surface area contributed by atoms with Crippen LogP contribution in [0.3, 0.4) is 0 Å². The Morgan fingerprint density at radius 2 is 1.17 bits per heavy atom. The predicted molar refractivity (Wildman–Crippen MR) is 14.9 cm³/mol. The van der Waals surface area contributed by atoms with Crippen molar-refractivity contribution in [2.75, 3.05) is 0 Å². The second-order valence-electron chi connectivity index (χ2n) is 0.495. The Labute approximate surface area is 60.3 Å². The van der Waals surface area contributed by atoms with Gasteiger partial charge >= 0.3 is 35.9 Å². The van der Waals surface area contributed by atoms with Crippen molar-refractivity contribution in [1.29, 1.82) is 0 Å². The van der Waals surface area contributed by atoms with Crippen LogP contribution in [0, 0.1) is 0 Å². The third-order valence-corrected chi connectivity index (χ3v) is 0. The van der Waals surface area contributed by atoms with Crippen molar-refractivity contribution in [3.8, 4) is 0 Å². The van der Waals surface area contributed by atoms with Gasteiger partial charge in [0, 0.05) is 0 Å². The van der Waals surface area contributed by atoms with Crippen molar-refractivity contribution in [3.05, 3.63) is 0 Å². The van der Waals surface area contributed by atoms with E-state index in [1.807, 2.05) is 0 Å². The van der Waals surface area contributed by atoms with Gasteiger partial charge in [0.15, 0.2) is 0 Å². The minimum atomic E-state index is -5.03. The van der Waals surface area contributed by atoms with E-state index in [4.69, 9.17) is 0 Å². The molecule has 0 fully saturated rings. The molecule has 0 aliphatic rings. The van der Waals surface area contributed by atoms with E-state index in [0.717, 1.165) is 0 Å².